The van der Waals surface area contributed by atoms with Crippen LogP contribution in [0, 0.1) is 5.82 Å². The van der Waals surface area contributed by atoms with E-state index in [0.717, 1.165) is 11.1 Å². The Hall–Kier alpha value is -2.86. The monoisotopic (exact) mass is 378 g/mol. The molecule has 6 heteroatoms. The lowest BCUT2D eigenvalue weighted by Gasteiger charge is -2.11. The number of rotatable bonds is 5. The highest BCUT2D eigenvalue weighted by atomic mass is 32.2. The number of nitrogen functional groups attached to an aromatic ring is 1. The van der Waals surface area contributed by atoms with E-state index < -0.39 is 0 Å². The van der Waals surface area contributed by atoms with Crippen molar-refractivity contribution >= 4 is 22.5 Å². The second-order valence-corrected chi connectivity index (χ2v) is 7.70. The van der Waals surface area contributed by atoms with Crippen molar-refractivity contribution < 1.29 is 4.39 Å². The van der Waals surface area contributed by atoms with Gasteiger partial charge in [0.2, 0.25) is 5.16 Å². The van der Waals surface area contributed by atoms with Gasteiger partial charge < -0.3 is 5.84 Å². The van der Waals surface area contributed by atoms with Gasteiger partial charge in [-0.05, 0) is 41.0 Å². The third kappa shape index (κ3) is 3.66. The van der Waals surface area contributed by atoms with Crippen LogP contribution in [0.3, 0.4) is 0 Å². The summed E-state index contributed by atoms with van der Waals surface area (Å²) >= 11 is 1.51. The van der Waals surface area contributed by atoms with Crippen LogP contribution in [0.5, 0.6) is 0 Å². The van der Waals surface area contributed by atoms with Gasteiger partial charge in [-0.25, -0.2) is 9.07 Å². The van der Waals surface area contributed by atoms with Gasteiger partial charge in [0.15, 0.2) is 5.82 Å². The SMILES string of the molecule is C[C@H](Sc1nnc(Cc2cccc3ccccc23)n1N)c1ccc(F)cc1. The molecule has 0 aliphatic rings. The van der Waals surface area contributed by atoms with Crippen molar-refractivity contribution in [1.82, 2.24) is 14.9 Å². The summed E-state index contributed by atoms with van der Waals surface area (Å²) in [5.41, 5.74) is 2.18. The Morgan fingerprint density at radius 3 is 2.56 bits per heavy atom. The normalized spacial score (nSPS) is 12.4. The van der Waals surface area contributed by atoms with Gasteiger partial charge in [0.1, 0.15) is 5.82 Å². The molecular formula is C21H19FN4S. The van der Waals surface area contributed by atoms with Crippen LogP contribution < -0.4 is 5.84 Å². The smallest absolute Gasteiger partial charge is 0.210 e. The van der Waals surface area contributed by atoms with Crippen molar-refractivity contribution in [2.24, 2.45) is 0 Å². The standard InChI is InChI=1S/C21H19FN4S/c1-14(15-9-11-18(22)12-10-15)27-21-25-24-20(26(21)23)13-17-7-4-6-16-5-2-3-8-19(16)17/h2-12,14H,13,23H2,1H3/t14-/m0/s1. The zero-order chi connectivity index (χ0) is 18.8. The van der Waals surface area contributed by atoms with Crippen molar-refractivity contribution in [3.8, 4) is 0 Å². The third-order valence-corrected chi connectivity index (χ3v) is 5.70. The van der Waals surface area contributed by atoms with E-state index in [9.17, 15) is 4.39 Å². The van der Waals surface area contributed by atoms with Crippen LogP contribution in [0.1, 0.15) is 29.1 Å². The van der Waals surface area contributed by atoms with Crippen LogP contribution in [0.15, 0.2) is 71.9 Å². The molecule has 0 spiro atoms. The average molecular weight is 378 g/mol. The number of aromatic nitrogens is 3. The number of thioether (sulfide) groups is 1. The maximum atomic E-state index is 13.1. The summed E-state index contributed by atoms with van der Waals surface area (Å²) < 4.78 is 14.7. The van der Waals surface area contributed by atoms with Gasteiger partial charge in [-0.3, -0.25) is 0 Å². The first-order valence-corrected chi connectivity index (χ1v) is 9.58. The first-order valence-electron chi connectivity index (χ1n) is 8.70. The third-order valence-electron chi connectivity index (χ3n) is 4.59. The predicted octanol–water partition coefficient (Wildman–Crippen LogP) is 4.73. The Balaban J connectivity index is 1.56. The molecule has 2 N–H and O–H groups in total. The number of hydrogen-bond donors (Lipinski definition) is 1. The molecule has 0 saturated heterocycles. The van der Waals surface area contributed by atoms with Crippen LogP contribution in [0.25, 0.3) is 10.8 Å². The highest BCUT2D eigenvalue weighted by molar-refractivity contribution is 7.99. The predicted molar refractivity (Wildman–Crippen MR) is 108 cm³/mol. The van der Waals surface area contributed by atoms with E-state index in [2.05, 4.69) is 34.5 Å². The molecule has 27 heavy (non-hydrogen) atoms. The molecule has 136 valence electrons. The minimum atomic E-state index is -0.240. The highest BCUT2D eigenvalue weighted by Gasteiger charge is 2.16. The van der Waals surface area contributed by atoms with Gasteiger partial charge in [0, 0.05) is 11.7 Å². The van der Waals surface area contributed by atoms with Gasteiger partial charge >= 0.3 is 0 Å². The van der Waals surface area contributed by atoms with Crippen LogP contribution in [-0.4, -0.2) is 14.9 Å². The van der Waals surface area contributed by atoms with E-state index in [-0.39, 0.29) is 11.1 Å². The summed E-state index contributed by atoms with van der Waals surface area (Å²) in [7, 11) is 0. The number of hydrogen-bond acceptors (Lipinski definition) is 4. The largest absolute Gasteiger partial charge is 0.336 e. The molecule has 0 aliphatic carbocycles. The van der Waals surface area contributed by atoms with Crippen molar-refractivity contribution in [3.63, 3.8) is 0 Å². The number of nitrogens with zero attached hydrogens (tertiary/aromatic N) is 3. The summed E-state index contributed by atoms with van der Waals surface area (Å²) in [5, 5.41) is 11.6. The molecule has 4 rings (SSSR count). The highest BCUT2D eigenvalue weighted by Crippen LogP contribution is 2.33. The number of nitrogens with two attached hydrogens (primary N) is 1. The Bertz CT molecular complexity index is 1070. The van der Waals surface area contributed by atoms with Crippen molar-refractivity contribution in [1.29, 1.82) is 0 Å². The molecule has 0 aliphatic heterocycles. The maximum Gasteiger partial charge on any atom is 0.210 e. The van der Waals surface area contributed by atoms with Crippen LogP contribution in [0.2, 0.25) is 0 Å². The van der Waals surface area contributed by atoms with Gasteiger partial charge in [-0.15, -0.1) is 10.2 Å². The van der Waals surface area contributed by atoms with Gasteiger partial charge in [-0.2, -0.15) is 0 Å². The van der Waals surface area contributed by atoms with Gasteiger partial charge in [-0.1, -0.05) is 66.4 Å². The van der Waals surface area contributed by atoms with E-state index in [1.807, 2.05) is 25.1 Å². The van der Waals surface area contributed by atoms with E-state index in [0.29, 0.717) is 17.4 Å². The van der Waals surface area contributed by atoms with Crippen molar-refractivity contribution in [3.05, 3.63) is 89.5 Å². The fourth-order valence-electron chi connectivity index (χ4n) is 3.09. The maximum absolute atomic E-state index is 13.1. The van der Waals surface area contributed by atoms with Crippen molar-refractivity contribution in [2.45, 2.75) is 23.8 Å². The van der Waals surface area contributed by atoms with Crippen LogP contribution >= 0.6 is 11.8 Å². The van der Waals surface area contributed by atoms with E-state index in [4.69, 9.17) is 5.84 Å². The Kier molecular flexibility index (Phi) is 4.81. The lowest BCUT2D eigenvalue weighted by Crippen LogP contribution is -2.14. The fraction of sp³-hybridized carbons (Fsp3) is 0.143. The molecule has 1 aromatic heterocycles. The summed E-state index contributed by atoms with van der Waals surface area (Å²) in [6.45, 7) is 2.04. The molecule has 0 bridgehead atoms. The molecule has 1 atom stereocenters. The summed E-state index contributed by atoms with van der Waals surface area (Å²) in [6, 6.07) is 21.0. The number of halogens is 1. The molecule has 0 saturated carbocycles. The minimum absolute atomic E-state index is 0.0857. The topological polar surface area (TPSA) is 56.7 Å². The molecule has 0 unspecified atom stereocenters. The zero-order valence-corrected chi connectivity index (χ0v) is 15.7. The molecule has 3 aromatic carbocycles. The summed E-state index contributed by atoms with van der Waals surface area (Å²) in [6.07, 6.45) is 0.607. The van der Waals surface area contributed by atoms with E-state index in [1.54, 1.807) is 16.8 Å². The quantitative estimate of drug-likeness (QED) is 0.403. The van der Waals surface area contributed by atoms with E-state index >= 15 is 0 Å². The summed E-state index contributed by atoms with van der Waals surface area (Å²) in [4.78, 5) is 0. The average Bonchev–Trinajstić information content (AvgIpc) is 3.02. The van der Waals surface area contributed by atoms with Crippen LogP contribution in [-0.2, 0) is 6.42 Å². The molecule has 0 fully saturated rings. The van der Waals surface area contributed by atoms with Crippen molar-refractivity contribution in [2.75, 3.05) is 5.84 Å². The second-order valence-electron chi connectivity index (χ2n) is 6.40. The van der Waals surface area contributed by atoms with Gasteiger partial charge in [0.25, 0.3) is 0 Å². The summed E-state index contributed by atoms with van der Waals surface area (Å²) in [5.74, 6) is 6.72. The Labute approximate surface area is 161 Å². The lowest BCUT2D eigenvalue weighted by molar-refractivity contribution is 0.627. The molecule has 4 nitrogen and oxygen atoms in total. The first kappa shape index (κ1) is 17.5. The second kappa shape index (κ2) is 7.40. The lowest BCUT2D eigenvalue weighted by atomic mass is 10.0. The molecule has 0 radical (unpaired) electrons. The molecule has 1 heterocycles. The molecule has 4 aromatic rings. The Morgan fingerprint density at radius 1 is 1.00 bits per heavy atom. The minimum Gasteiger partial charge on any atom is -0.336 e. The molecule has 0 amide bonds. The van der Waals surface area contributed by atoms with Crippen LogP contribution in [0.4, 0.5) is 4.39 Å². The van der Waals surface area contributed by atoms with E-state index in [1.165, 1.54) is 34.7 Å². The zero-order valence-electron chi connectivity index (χ0n) is 14.8. The number of benzene rings is 3. The Morgan fingerprint density at radius 2 is 1.74 bits per heavy atom. The molecular weight excluding hydrogens is 359 g/mol. The van der Waals surface area contributed by atoms with Gasteiger partial charge in [0.05, 0.1) is 0 Å². The number of fused-ring (bicyclic) bond motifs is 1. The fourth-order valence-corrected chi connectivity index (χ4v) is 4.00. The first-order chi connectivity index (χ1) is 13.1.